The summed E-state index contributed by atoms with van der Waals surface area (Å²) in [6.07, 6.45) is 6.78. The maximum absolute atomic E-state index is 12.8. The van der Waals surface area contributed by atoms with E-state index in [1.54, 1.807) is 0 Å². The molecule has 0 spiro atoms. The number of nitrogens with zero attached hydrogens (tertiary/aromatic N) is 2. The fourth-order valence-corrected chi connectivity index (χ4v) is 4.37. The van der Waals surface area contributed by atoms with Crippen LogP contribution in [0.5, 0.6) is 0 Å². The van der Waals surface area contributed by atoms with Crippen molar-refractivity contribution in [3.63, 3.8) is 0 Å². The second kappa shape index (κ2) is 4.59. The first-order valence-electron chi connectivity index (χ1n) is 7.98. The molecule has 3 nitrogen and oxygen atoms in total. The molecule has 0 aromatic heterocycles. The number of Topliss-reactive ketones (excluding diaryl/α,β-unsaturated/α-hetero) is 1. The van der Waals surface area contributed by atoms with Gasteiger partial charge < -0.3 is 4.90 Å². The second-order valence-electron chi connectivity index (χ2n) is 6.31. The monoisotopic (exact) mass is 270 g/mol. The number of hydrogen-bond acceptors (Lipinski definition) is 3. The van der Waals surface area contributed by atoms with Gasteiger partial charge in [-0.3, -0.25) is 9.69 Å². The predicted molar refractivity (Wildman–Crippen MR) is 79.7 cm³/mol. The van der Waals surface area contributed by atoms with E-state index in [0.717, 1.165) is 32.4 Å². The number of benzene rings is 1. The third-order valence-corrected chi connectivity index (χ3v) is 5.24. The van der Waals surface area contributed by atoms with Crippen molar-refractivity contribution in [1.29, 1.82) is 0 Å². The summed E-state index contributed by atoms with van der Waals surface area (Å²) in [5, 5.41) is 0. The van der Waals surface area contributed by atoms with E-state index in [-0.39, 0.29) is 5.66 Å². The van der Waals surface area contributed by atoms with E-state index in [1.165, 1.54) is 24.9 Å². The Kier molecular flexibility index (Phi) is 2.84. The molecule has 2 atom stereocenters. The Morgan fingerprint density at radius 1 is 1.00 bits per heavy atom. The number of fused-ring (bicyclic) bond motifs is 1. The van der Waals surface area contributed by atoms with Gasteiger partial charge in [0.2, 0.25) is 0 Å². The summed E-state index contributed by atoms with van der Waals surface area (Å²) in [6, 6.07) is 10.9. The van der Waals surface area contributed by atoms with E-state index in [9.17, 15) is 4.79 Å². The molecule has 2 unspecified atom stereocenters. The quantitative estimate of drug-likeness (QED) is 0.772. The van der Waals surface area contributed by atoms with Gasteiger partial charge in [-0.25, -0.2) is 0 Å². The third kappa shape index (κ3) is 1.59. The molecule has 20 heavy (non-hydrogen) atoms. The van der Waals surface area contributed by atoms with Crippen molar-refractivity contribution in [2.45, 2.75) is 50.2 Å². The van der Waals surface area contributed by atoms with Crippen LogP contribution in [0.4, 0.5) is 5.69 Å². The van der Waals surface area contributed by atoms with Crippen LogP contribution in [0, 0.1) is 0 Å². The summed E-state index contributed by atoms with van der Waals surface area (Å²) in [5.74, 6) is 0.458. The largest absolute Gasteiger partial charge is 0.338 e. The normalized spacial score (nSPS) is 33.9. The molecule has 3 fully saturated rings. The molecule has 2 aliphatic heterocycles. The summed E-state index contributed by atoms with van der Waals surface area (Å²) in [5.41, 5.74) is 0.943. The Hall–Kier alpha value is -1.35. The van der Waals surface area contributed by atoms with Gasteiger partial charge in [0.25, 0.3) is 0 Å². The minimum Gasteiger partial charge on any atom is -0.338 e. The lowest BCUT2D eigenvalue weighted by atomic mass is 9.91. The zero-order valence-electron chi connectivity index (χ0n) is 11.9. The minimum atomic E-state index is -0.278. The van der Waals surface area contributed by atoms with Crippen molar-refractivity contribution in [1.82, 2.24) is 4.90 Å². The van der Waals surface area contributed by atoms with Crippen LogP contribution in [0.3, 0.4) is 0 Å². The average Bonchev–Trinajstić information content (AvgIpc) is 3.21. The summed E-state index contributed by atoms with van der Waals surface area (Å²) in [7, 11) is 0. The highest BCUT2D eigenvalue weighted by Crippen LogP contribution is 2.54. The maximum atomic E-state index is 12.8. The molecule has 1 saturated carbocycles. The summed E-state index contributed by atoms with van der Waals surface area (Å²) < 4.78 is 0. The molecule has 3 heteroatoms. The number of carbonyl (C=O) groups is 1. The van der Waals surface area contributed by atoms with Crippen LogP contribution in [-0.4, -0.2) is 35.5 Å². The van der Waals surface area contributed by atoms with Crippen LogP contribution in [0.2, 0.25) is 0 Å². The SMILES string of the molecule is O=C1CCCC2N(c3ccccc3)C12N1CCCCC1. The highest BCUT2D eigenvalue weighted by molar-refractivity contribution is 5.99. The molecular formula is C17H22N2O. The summed E-state index contributed by atoms with van der Waals surface area (Å²) >= 11 is 0. The van der Waals surface area contributed by atoms with E-state index in [0.29, 0.717) is 11.8 Å². The smallest absolute Gasteiger partial charge is 0.175 e. The van der Waals surface area contributed by atoms with Gasteiger partial charge in [0.1, 0.15) is 0 Å². The fraction of sp³-hybridized carbons (Fsp3) is 0.588. The number of rotatable bonds is 2. The Labute approximate surface area is 120 Å². The molecule has 1 aromatic rings. The molecule has 0 N–H and O–H groups in total. The molecule has 2 saturated heterocycles. The Morgan fingerprint density at radius 2 is 1.75 bits per heavy atom. The van der Waals surface area contributed by atoms with Crippen LogP contribution >= 0.6 is 0 Å². The number of anilines is 1. The van der Waals surface area contributed by atoms with Gasteiger partial charge in [-0.1, -0.05) is 24.6 Å². The van der Waals surface area contributed by atoms with Crippen molar-refractivity contribution in [3.8, 4) is 0 Å². The van der Waals surface area contributed by atoms with Crippen molar-refractivity contribution in [2.75, 3.05) is 18.0 Å². The molecular weight excluding hydrogens is 248 g/mol. The highest BCUT2D eigenvalue weighted by atomic mass is 16.1. The number of likely N-dealkylation sites (tertiary alicyclic amines) is 1. The van der Waals surface area contributed by atoms with E-state index < -0.39 is 0 Å². The van der Waals surface area contributed by atoms with Crippen LogP contribution in [0.15, 0.2) is 30.3 Å². The number of carbonyl (C=O) groups excluding carboxylic acids is 1. The second-order valence-corrected chi connectivity index (χ2v) is 6.31. The molecule has 106 valence electrons. The lowest BCUT2D eigenvalue weighted by Crippen LogP contribution is -2.52. The van der Waals surface area contributed by atoms with Crippen LogP contribution < -0.4 is 4.90 Å². The first-order chi connectivity index (χ1) is 9.85. The van der Waals surface area contributed by atoms with Crippen LogP contribution in [0.25, 0.3) is 0 Å². The Bertz CT molecular complexity index is 509. The number of piperidine rings is 1. The van der Waals surface area contributed by atoms with E-state index >= 15 is 0 Å². The lowest BCUT2D eigenvalue weighted by Gasteiger charge is -2.35. The van der Waals surface area contributed by atoms with Gasteiger partial charge in [0.15, 0.2) is 11.4 Å². The lowest BCUT2D eigenvalue weighted by molar-refractivity contribution is -0.127. The molecule has 3 aliphatic rings. The number of hydrogen-bond donors (Lipinski definition) is 0. The zero-order valence-corrected chi connectivity index (χ0v) is 11.9. The Balaban J connectivity index is 1.71. The number of para-hydroxylation sites is 1. The van der Waals surface area contributed by atoms with Crippen LogP contribution in [-0.2, 0) is 4.79 Å². The molecule has 1 aliphatic carbocycles. The maximum Gasteiger partial charge on any atom is 0.175 e. The van der Waals surface area contributed by atoms with E-state index in [2.05, 4.69) is 34.1 Å². The van der Waals surface area contributed by atoms with Crippen molar-refractivity contribution in [3.05, 3.63) is 30.3 Å². The third-order valence-electron chi connectivity index (χ3n) is 5.24. The van der Waals surface area contributed by atoms with Crippen molar-refractivity contribution < 1.29 is 4.79 Å². The van der Waals surface area contributed by atoms with Crippen LogP contribution in [0.1, 0.15) is 38.5 Å². The minimum absolute atomic E-state index is 0.278. The predicted octanol–water partition coefficient (Wildman–Crippen LogP) is 2.81. The van der Waals surface area contributed by atoms with E-state index in [1.807, 2.05) is 6.07 Å². The standard InChI is InChI=1S/C17H22N2O/c20-16-11-7-10-15-17(16,18-12-5-2-6-13-18)19(15)14-8-3-1-4-9-14/h1,3-4,8-9,15H,2,5-7,10-13H2. The molecule has 2 heterocycles. The first-order valence-corrected chi connectivity index (χ1v) is 7.98. The van der Waals surface area contributed by atoms with Gasteiger partial charge in [0.05, 0.1) is 6.04 Å². The van der Waals surface area contributed by atoms with E-state index in [4.69, 9.17) is 0 Å². The number of ketones is 1. The van der Waals surface area contributed by atoms with Gasteiger partial charge >= 0.3 is 0 Å². The fourth-order valence-electron chi connectivity index (χ4n) is 4.37. The van der Waals surface area contributed by atoms with Gasteiger partial charge in [-0.15, -0.1) is 0 Å². The average molecular weight is 270 g/mol. The summed E-state index contributed by atoms with van der Waals surface area (Å²) in [6.45, 7) is 2.18. The molecule has 0 radical (unpaired) electrons. The topological polar surface area (TPSA) is 23.3 Å². The first kappa shape index (κ1) is 12.4. The van der Waals surface area contributed by atoms with Gasteiger partial charge in [-0.05, 0) is 37.8 Å². The molecule has 0 amide bonds. The molecule has 4 rings (SSSR count). The van der Waals surface area contributed by atoms with Gasteiger partial charge in [0, 0.05) is 25.2 Å². The Morgan fingerprint density at radius 3 is 2.50 bits per heavy atom. The zero-order chi connectivity index (χ0) is 13.6. The molecule has 0 bridgehead atoms. The van der Waals surface area contributed by atoms with Crippen molar-refractivity contribution >= 4 is 11.5 Å². The van der Waals surface area contributed by atoms with Crippen molar-refractivity contribution in [2.24, 2.45) is 0 Å². The van der Waals surface area contributed by atoms with Gasteiger partial charge in [-0.2, -0.15) is 0 Å². The summed E-state index contributed by atoms with van der Waals surface area (Å²) in [4.78, 5) is 17.6. The molecule has 1 aromatic carbocycles. The highest BCUT2D eigenvalue weighted by Gasteiger charge is 2.71.